The first-order chi connectivity index (χ1) is 19.8. The van der Waals surface area contributed by atoms with Crippen LogP contribution in [0, 0.1) is 0 Å². The van der Waals surface area contributed by atoms with Crippen LogP contribution in [0.25, 0.3) is 33.0 Å². The Labute approximate surface area is 240 Å². The zero-order valence-corrected chi connectivity index (χ0v) is 23.4. The third kappa shape index (κ3) is 5.22. The largest absolute Gasteiger partial charge is 0.369 e. The van der Waals surface area contributed by atoms with Crippen molar-refractivity contribution in [2.45, 2.75) is 31.3 Å². The summed E-state index contributed by atoms with van der Waals surface area (Å²) in [7, 11) is 2.15. The van der Waals surface area contributed by atoms with Gasteiger partial charge in [-0.2, -0.15) is 0 Å². The molecule has 6 N–H and O–H groups in total. The molecule has 1 aromatic heterocycles. The molecule has 0 unspecified atom stereocenters. The van der Waals surface area contributed by atoms with Crippen LogP contribution < -0.4 is 17.2 Å². The van der Waals surface area contributed by atoms with Crippen LogP contribution in [0.1, 0.15) is 40.0 Å². The van der Waals surface area contributed by atoms with Crippen molar-refractivity contribution in [1.82, 2.24) is 14.8 Å². The second-order valence-corrected chi connectivity index (χ2v) is 11.5. The van der Waals surface area contributed by atoms with Gasteiger partial charge in [-0.25, -0.2) is 0 Å². The molecular formula is C33H36N6O2. The lowest BCUT2D eigenvalue weighted by Crippen LogP contribution is -2.43. The Bertz CT molecular complexity index is 1650. The van der Waals surface area contributed by atoms with Crippen molar-refractivity contribution in [1.29, 1.82) is 0 Å². The van der Waals surface area contributed by atoms with Crippen LogP contribution in [-0.2, 0) is 23.3 Å². The number of piperazine rings is 1. The smallest absolute Gasteiger partial charge is 0.248 e. The highest BCUT2D eigenvalue weighted by atomic mass is 16.1. The van der Waals surface area contributed by atoms with E-state index in [1.807, 2.05) is 30.5 Å². The second kappa shape index (κ2) is 10.7. The van der Waals surface area contributed by atoms with Gasteiger partial charge in [-0.1, -0.05) is 30.3 Å². The van der Waals surface area contributed by atoms with Gasteiger partial charge in [0.2, 0.25) is 11.8 Å². The van der Waals surface area contributed by atoms with E-state index in [1.165, 1.54) is 0 Å². The van der Waals surface area contributed by atoms with Gasteiger partial charge < -0.3 is 22.1 Å². The number of hydrogen-bond acceptors (Lipinski definition) is 6. The van der Waals surface area contributed by atoms with Crippen molar-refractivity contribution >= 4 is 22.6 Å². The Morgan fingerprint density at radius 1 is 0.829 bits per heavy atom. The summed E-state index contributed by atoms with van der Waals surface area (Å²) < 4.78 is 0. The van der Waals surface area contributed by atoms with E-state index in [4.69, 9.17) is 17.2 Å². The lowest BCUT2D eigenvalue weighted by Gasteiger charge is -2.32. The average Bonchev–Trinajstić information content (AvgIpc) is 3.80. The molecule has 2 heterocycles. The Morgan fingerprint density at radius 2 is 1.51 bits per heavy atom. The van der Waals surface area contributed by atoms with Gasteiger partial charge in [-0.05, 0) is 89.0 Å². The lowest BCUT2D eigenvalue weighted by atomic mass is 9.90. The topological polar surface area (TPSA) is 132 Å². The van der Waals surface area contributed by atoms with E-state index in [1.54, 1.807) is 0 Å². The van der Waals surface area contributed by atoms with E-state index in [9.17, 15) is 9.59 Å². The molecule has 1 aliphatic heterocycles. The summed E-state index contributed by atoms with van der Waals surface area (Å²) in [6.45, 7) is 5.25. The molecule has 210 valence electrons. The fourth-order valence-corrected chi connectivity index (χ4v) is 5.90. The zero-order valence-electron chi connectivity index (χ0n) is 23.4. The number of likely N-dealkylation sites (N-methyl/N-ethyl adjacent to an activating group) is 1. The molecule has 8 heteroatoms. The van der Waals surface area contributed by atoms with Crippen molar-refractivity contribution < 1.29 is 9.59 Å². The fourth-order valence-electron chi connectivity index (χ4n) is 5.90. The number of hydrogen-bond donors (Lipinski definition) is 3. The van der Waals surface area contributed by atoms with Crippen LogP contribution in [0.4, 0.5) is 0 Å². The first-order valence-corrected chi connectivity index (χ1v) is 14.1. The first-order valence-electron chi connectivity index (χ1n) is 14.1. The molecule has 2 amide bonds. The molecule has 0 bridgehead atoms. The molecule has 1 aliphatic carbocycles. The van der Waals surface area contributed by atoms with E-state index < -0.39 is 11.3 Å². The van der Waals surface area contributed by atoms with E-state index in [0.717, 1.165) is 95.4 Å². The molecule has 0 atom stereocenters. The van der Waals surface area contributed by atoms with Gasteiger partial charge in [0.1, 0.15) is 0 Å². The van der Waals surface area contributed by atoms with Crippen molar-refractivity contribution in [2.24, 2.45) is 17.2 Å². The predicted molar refractivity (Wildman–Crippen MR) is 162 cm³/mol. The van der Waals surface area contributed by atoms with E-state index in [2.05, 4.69) is 58.2 Å². The van der Waals surface area contributed by atoms with E-state index >= 15 is 0 Å². The number of benzene rings is 3. The molecule has 6 rings (SSSR count). The van der Waals surface area contributed by atoms with Crippen molar-refractivity contribution in [2.75, 3.05) is 33.2 Å². The summed E-state index contributed by atoms with van der Waals surface area (Å²) in [5, 5.41) is 1.99. The maximum Gasteiger partial charge on any atom is 0.248 e. The Morgan fingerprint density at radius 3 is 2.20 bits per heavy atom. The van der Waals surface area contributed by atoms with Gasteiger partial charge in [-0.3, -0.25) is 19.5 Å². The van der Waals surface area contributed by atoms with Crippen LogP contribution in [0.3, 0.4) is 0 Å². The highest BCUT2D eigenvalue weighted by molar-refractivity contribution is 5.95. The minimum atomic E-state index is -0.616. The summed E-state index contributed by atoms with van der Waals surface area (Å²) in [5.74, 6) is -0.750. The summed E-state index contributed by atoms with van der Waals surface area (Å²) in [6.07, 6.45) is 3.33. The number of carbonyl (C=O) groups is 2. The number of carbonyl (C=O) groups excluding carboxylic acids is 2. The van der Waals surface area contributed by atoms with Crippen molar-refractivity contribution in [3.05, 3.63) is 89.2 Å². The number of nitrogens with zero attached hydrogens (tertiary/aromatic N) is 3. The number of nitrogens with two attached hydrogens (primary N) is 3. The number of fused-ring (bicyclic) bond motifs is 1. The monoisotopic (exact) mass is 548 g/mol. The Kier molecular flexibility index (Phi) is 7.07. The average molecular weight is 549 g/mol. The maximum absolute atomic E-state index is 12.1. The number of primary amides is 2. The van der Waals surface area contributed by atoms with Gasteiger partial charge in [0, 0.05) is 56.4 Å². The molecule has 1 saturated heterocycles. The third-order valence-electron chi connectivity index (χ3n) is 8.77. The summed E-state index contributed by atoms with van der Waals surface area (Å²) in [6, 6.07) is 20.3. The molecule has 8 nitrogen and oxygen atoms in total. The van der Waals surface area contributed by atoms with Crippen LogP contribution >= 0.6 is 0 Å². The minimum absolute atomic E-state index is 0.308. The number of amides is 2. The molecular weight excluding hydrogens is 512 g/mol. The van der Waals surface area contributed by atoms with Gasteiger partial charge in [-0.15, -0.1) is 0 Å². The van der Waals surface area contributed by atoms with Crippen molar-refractivity contribution in [3.8, 4) is 22.3 Å². The van der Waals surface area contributed by atoms with Gasteiger partial charge in [0.15, 0.2) is 0 Å². The van der Waals surface area contributed by atoms with Crippen LogP contribution in [0.2, 0.25) is 0 Å². The number of rotatable bonds is 8. The SMILES string of the molecule is CN1CCN(Cc2ccc(C(N)=O)cc2-c2ccc(CN)c(-c3ccc4cc(C5(C(N)=O)CC5)ncc4c3)c2)CC1. The molecule has 2 fully saturated rings. The Hall–Kier alpha value is -4.11. The molecule has 3 aromatic carbocycles. The van der Waals surface area contributed by atoms with Crippen LogP contribution in [0.15, 0.2) is 66.9 Å². The highest BCUT2D eigenvalue weighted by Gasteiger charge is 2.51. The molecule has 1 saturated carbocycles. The lowest BCUT2D eigenvalue weighted by molar-refractivity contribution is -0.120. The standard InChI is InChI=1S/C33H36N6O2/c1-38-10-12-39(13-11-38)20-26-7-5-24(31(35)40)16-29(26)23-4-6-25(18-34)28(15-23)22-3-2-21-17-30(37-19-27(21)14-22)33(8-9-33)32(36)41/h2-7,14-17,19H,8-13,18,20,34H2,1H3,(H2,35,40)(H2,36,41). The van der Waals surface area contributed by atoms with Crippen LogP contribution in [0.5, 0.6) is 0 Å². The maximum atomic E-state index is 12.1. The highest BCUT2D eigenvalue weighted by Crippen LogP contribution is 2.47. The number of pyridine rings is 1. The van der Waals surface area contributed by atoms with E-state index in [-0.39, 0.29) is 5.91 Å². The molecule has 0 radical (unpaired) electrons. The van der Waals surface area contributed by atoms with Crippen molar-refractivity contribution in [3.63, 3.8) is 0 Å². The first kappa shape index (κ1) is 27.1. The molecule has 2 aliphatic rings. The summed E-state index contributed by atoms with van der Waals surface area (Å²) >= 11 is 0. The summed E-state index contributed by atoms with van der Waals surface area (Å²) in [4.78, 5) is 33.6. The van der Waals surface area contributed by atoms with Gasteiger partial charge >= 0.3 is 0 Å². The summed E-state index contributed by atoms with van der Waals surface area (Å²) in [5.41, 5.74) is 24.4. The number of aromatic nitrogens is 1. The fraction of sp³-hybridized carbons (Fsp3) is 0.303. The molecule has 4 aromatic rings. The second-order valence-electron chi connectivity index (χ2n) is 11.5. The van der Waals surface area contributed by atoms with E-state index in [0.29, 0.717) is 12.1 Å². The van der Waals surface area contributed by atoms with Crippen LogP contribution in [-0.4, -0.2) is 59.8 Å². The normalized spacial score (nSPS) is 17.0. The quantitative estimate of drug-likeness (QED) is 0.309. The minimum Gasteiger partial charge on any atom is -0.369 e. The zero-order chi connectivity index (χ0) is 28.7. The van der Waals surface area contributed by atoms with Gasteiger partial charge in [0.25, 0.3) is 0 Å². The molecule has 41 heavy (non-hydrogen) atoms. The Balaban J connectivity index is 1.39. The third-order valence-corrected chi connectivity index (χ3v) is 8.77. The molecule has 0 spiro atoms. The predicted octanol–water partition coefficient (Wildman–Crippen LogP) is 3.39. The van der Waals surface area contributed by atoms with Gasteiger partial charge in [0.05, 0.1) is 11.1 Å².